The molecule has 1 fully saturated rings. The molecule has 1 saturated heterocycles. The normalized spacial score (nSPS) is 15.3. The van der Waals surface area contributed by atoms with E-state index in [9.17, 15) is 0 Å². The van der Waals surface area contributed by atoms with Gasteiger partial charge in [0.15, 0.2) is 0 Å². The number of methoxy groups -OCH3 is 1. The Labute approximate surface area is 114 Å². The Morgan fingerprint density at radius 3 is 2.83 bits per heavy atom. The van der Waals surface area contributed by atoms with Gasteiger partial charge in [0.2, 0.25) is 0 Å². The van der Waals surface area contributed by atoms with Crippen molar-refractivity contribution >= 4 is 17.3 Å². The monoisotopic (exact) mass is 268 g/mol. The zero-order valence-electron chi connectivity index (χ0n) is 10.9. The second kappa shape index (κ2) is 6.98. The first-order chi connectivity index (χ1) is 8.83. The summed E-state index contributed by atoms with van der Waals surface area (Å²) in [7, 11) is 1.72. The van der Waals surface area contributed by atoms with Crippen LogP contribution in [0.15, 0.2) is 18.2 Å². The van der Waals surface area contributed by atoms with Crippen LogP contribution in [-0.2, 0) is 11.3 Å². The molecule has 0 aromatic heterocycles. The van der Waals surface area contributed by atoms with Crippen molar-refractivity contribution in [1.29, 1.82) is 0 Å². The number of nitrogens with zero attached hydrogens (tertiary/aromatic N) is 1. The molecule has 0 unspecified atom stereocenters. The number of halogens is 1. The fourth-order valence-corrected chi connectivity index (χ4v) is 2.60. The van der Waals surface area contributed by atoms with Gasteiger partial charge in [-0.15, -0.1) is 0 Å². The van der Waals surface area contributed by atoms with E-state index in [0.717, 1.165) is 37.8 Å². The minimum Gasteiger partial charge on any atom is -0.383 e. The Kier molecular flexibility index (Phi) is 5.29. The molecule has 4 heteroatoms. The average Bonchev–Trinajstić information content (AvgIpc) is 2.89. The van der Waals surface area contributed by atoms with Crippen LogP contribution in [-0.4, -0.2) is 33.4 Å². The van der Waals surface area contributed by atoms with Gasteiger partial charge in [-0.3, -0.25) is 0 Å². The molecule has 1 heterocycles. The maximum Gasteiger partial charge on any atom is 0.0587 e. The molecule has 0 amide bonds. The minimum atomic E-state index is 0.726. The minimum absolute atomic E-state index is 0.726. The molecule has 0 bridgehead atoms. The van der Waals surface area contributed by atoms with Crippen molar-refractivity contribution in [2.75, 3.05) is 38.3 Å². The van der Waals surface area contributed by atoms with E-state index in [0.29, 0.717) is 0 Å². The average molecular weight is 269 g/mol. The predicted octanol–water partition coefficient (Wildman–Crippen LogP) is 2.68. The molecule has 0 saturated carbocycles. The first-order valence-corrected chi connectivity index (χ1v) is 6.92. The van der Waals surface area contributed by atoms with E-state index in [1.54, 1.807) is 7.11 Å². The third kappa shape index (κ3) is 3.37. The zero-order valence-corrected chi connectivity index (χ0v) is 11.7. The van der Waals surface area contributed by atoms with Gasteiger partial charge in [-0.25, -0.2) is 0 Å². The molecule has 0 atom stereocenters. The summed E-state index contributed by atoms with van der Waals surface area (Å²) < 4.78 is 5.03. The molecule has 18 heavy (non-hydrogen) atoms. The van der Waals surface area contributed by atoms with Crippen molar-refractivity contribution < 1.29 is 4.74 Å². The Balaban J connectivity index is 2.06. The first kappa shape index (κ1) is 13.7. The number of benzene rings is 1. The molecule has 1 aromatic rings. The Morgan fingerprint density at radius 1 is 1.33 bits per heavy atom. The van der Waals surface area contributed by atoms with Crippen LogP contribution >= 0.6 is 11.6 Å². The van der Waals surface area contributed by atoms with Crippen LogP contribution in [0.3, 0.4) is 0 Å². The van der Waals surface area contributed by atoms with Gasteiger partial charge in [0.05, 0.1) is 6.61 Å². The molecule has 100 valence electrons. The summed E-state index contributed by atoms with van der Waals surface area (Å²) in [4.78, 5) is 2.43. The van der Waals surface area contributed by atoms with E-state index in [4.69, 9.17) is 16.3 Å². The number of rotatable bonds is 6. The van der Waals surface area contributed by atoms with Crippen LogP contribution in [0.2, 0.25) is 5.02 Å². The lowest BCUT2D eigenvalue weighted by Crippen LogP contribution is -2.23. The summed E-state index contributed by atoms with van der Waals surface area (Å²) >= 11 is 6.32. The number of nitrogens with one attached hydrogen (secondary N) is 1. The van der Waals surface area contributed by atoms with Crippen molar-refractivity contribution in [3.63, 3.8) is 0 Å². The van der Waals surface area contributed by atoms with Crippen molar-refractivity contribution in [2.24, 2.45) is 0 Å². The highest BCUT2D eigenvalue weighted by molar-refractivity contribution is 6.31. The highest BCUT2D eigenvalue weighted by Gasteiger charge is 2.16. The van der Waals surface area contributed by atoms with E-state index in [1.165, 1.54) is 24.1 Å². The fraction of sp³-hybridized carbons (Fsp3) is 0.571. The van der Waals surface area contributed by atoms with Crippen LogP contribution in [0, 0.1) is 0 Å². The van der Waals surface area contributed by atoms with E-state index >= 15 is 0 Å². The number of hydrogen-bond donors (Lipinski definition) is 1. The van der Waals surface area contributed by atoms with Gasteiger partial charge in [-0.1, -0.05) is 17.7 Å². The zero-order chi connectivity index (χ0) is 12.8. The Bertz CT molecular complexity index is 378. The molecule has 3 nitrogen and oxygen atoms in total. The van der Waals surface area contributed by atoms with Crippen LogP contribution < -0.4 is 10.2 Å². The SMILES string of the molecule is COCCNCc1c(Cl)cccc1N1CCCC1. The third-order valence-electron chi connectivity index (χ3n) is 3.33. The highest BCUT2D eigenvalue weighted by Crippen LogP contribution is 2.29. The summed E-state index contributed by atoms with van der Waals surface area (Å²) in [6.07, 6.45) is 2.56. The quantitative estimate of drug-likeness (QED) is 0.803. The molecule has 1 N–H and O–H groups in total. The second-order valence-electron chi connectivity index (χ2n) is 4.60. The lowest BCUT2D eigenvalue weighted by atomic mass is 10.1. The standard InChI is InChI=1S/C14H21ClN2O/c1-18-10-7-16-11-12-13(15)5-4-6-14(12)17-8-2-3-9-17/h4-6,16H,2-3,7-11H2,1H3. The lowest BCUT2D eigenvalue weighted by Gasteiger charge is -2.22. The number of ether oxygens (including phenoxy) is 1. The van der Waals surface area contributed by atoms with Crippen LogP contribution in [0.1, 0.15) is 18.4 Å². The van der Waals surface area contributed by atoms with Crippen LogP contribution in [0.4, 0.5) is 5.69 Å². The maximum absolute atomic E-state index is 6.32. The summed E-state index contributed by atoms with van der Waals surface area (Å²) in [6, 6.07) is 6.17. The molecular formula is C14H21ClN2O. The molecular weight excluding hydrogens is 248 g/mol. The second-order valence-corrected chi connectivity index (χ2v) is 5.01. The van der Waals surface area contributed by atoms with Crippen molar-refractivity contribution in [1.82, 2.24) is 5.32 Å². The highest BCUT2D eigenvalue weighted by atomic mass is 35.5. The molecule has 0 aliphatic carbocycles. The van der Waals surface area contributed by atoms with Gasteiger partial charge in [-0.05, 0) is 25.0 Å². The maximum atomic E-state index is 6.32. The van der Waals surface area contributed by atoms with Gasteiger partial charge in [0.25, 0.3) is 0 Å². The van der Waals surface area contributed by atoms with Crippen molar-refractivity contribution in [2.45, 2.75) is 19.4 Å². The summed E-state index contributed by atoms with van der Waals surface area (Å²) in [5.74, 6) is 0. The number of hydrogen-bond acceptors (Lipinski definition) is 3. The smallest absolute Gasteiger partial charge is 0.0587 e. The molecule has 2 rings (SSSR count). The summed E-state index contributed by atoms with van der Waals surface area (Å²) in [6.45, 7) is 4.66. The lowest BCUT2D eigenvalue weighted by molar-refractivity contribution is 0.199. The van der Waals surface area contributed by atoms with Crippen LogP contribution in [0.25, 0.3) is 0 Å². The van der Waals surface area contributed by atoms with Gasteiger partial charge in [0.1, 0.15) is 0 Å². The van der Waals surface area contributed by atoms with Gasteiger partial charge < -0.3 is 15.0 Å². The van der Waals surface area contributed by atoms with Gasteiger partial charge >= 0.3 is 0 Å². The van der Waals surface area contributed by atoms with Crippen molar-refractivity contribution in [3.05, 3.63) is 28.8 Å². The molecule has 0 radical (unpaired) electrons. The van der Waals surface area contributed by atoms with E-state index in [1.807, 2.05) is 12.1 Å². The van der Waals surface area contributed by atoms with E-state index in [-0.39, 0.29) is 0 Å². The topological polar surface area (TPSA) is 24.5 Å². The Morgan fingerprint density at radius 2 is 2.11 bits per heavy atom. The van der Waals surface area contributed by atoms with E-state index < -0.39 is 0 Å². The number of anilines is 1. The molecule has 1 aliphatic heterocycles. The van der Waals surface area contributed by atoms with Gasteiger partial charge in [0, 0.05) is 49.6 Å². The predicted molar refractivity (Wildman–Crippen MR) is 76.5 cm³/mol. The van der Waals surface area contributed by atoms with Crippen LogP contribution in [0.5, 0.6) is 0 Å². The largest absolute Gasteiger partial charge is 0.383 e. The van der Waals surface area contributed by atoms with Gasteiger partial charge in [-0.2, -0.15) is 0 Å². The molecule has 1 aliphatic rings. The van der Waals surface area contributed by atoms with E-state index in [2.05, 4.69) is 16.3 Å². The summed E-state index contributed by atoms with van der Waals surface area (Å²) in [5.41, 5.74) is 2.49. The van der Waals surface area contributed by atoms with Crippen molar-refractivity contribution in [3.8, 4) is 0 Å². The molecule has 0 spiro atoms. The summed E-state index contributed by atoms with van der Waals surface area (Å²) in [5, 5.41) is 4.22. The molecule has 1 aromatic carbocycles. The first-order valence-electron chi connectivity index (χ1n) is 6.55. The fourth-order valence-electron chi connectivity index (χ4n) is 2.36. The Hall–Kier alpha value is -0.770. The third-order valence-corrected chi connectivity index (χ3v) is 3.68.